The minimum absolute atomic E-state index is 0.310. The van der Waals surface area contributed by atoms with Crippen molar-refractivity contribution >= 4 is 17.3 Å². The molecule has 1 aromatic carbocycles. The predicted molar refractivity (Wildman–Crippen MR) is 71.2 cm³/mol. The van der Waals surface area contributed by atoms with E-state index in [-0.39, 0.29) is 0 Å². The molecule has 0 spiro atoms. The Balaban J connectivity index is 1.63. The van der Waals surface area contributed by atoms with Crippen LogP contribution >= 0.6 is 0 Å². The van der Waals surface area contributed by atoms with Gasteiger partial charge in [0, 0.05) is 12.5 Å². The molecular formula is C15H18N2O. The Morgan fingerprint density at radius 2 is 2.06 bits per heavy atom. The molecule has 3 heteroatoms. The van der Waals surface area contributed by atoms with Gasteiger partial charge >= 0.3 is 0 Å². The van der Waals surface area contributed by atoms with Crippen LogP contribution in [0.4, 0.5) is 11.4 Å². The molecule has 2 saturated carbocycles. The van der Waals surface area contributed by atoms with Crippen LogP contribution in [0.2, 0.25) is 0 Å². The van der Waals surface area contributed by atoms with Crippen molar-refractivity contribution in [2.75, 3.05) is 17.2 Å². The number of fused-ring (bicyclic) bond motifs is 2. The van der Waals surface area contributed by atoms with E-state index >= 15 is 0 Å². The van der Waals surface area contributed by atoms with Crippen molar-refractivity contribution in [2.45, 2.75) is 25.7 Å². The standard InChI is InChI=1S/C15H18N2O/c16-12-6-1-3-9-7-8-17(14(9)12)15(18)13-10-4-2-5-11(10)13/h1,3,6,10-11,13H,2,4-5,7-8,16H2. The predicted octanol–water partition coefficient (Wildman–Crippen LogP) is 2.20. The lowest BCUT2D eigenvalue weighted by molar-refractivity contribution is -0.120. The van der Waals surface area contributed by atoms with Crippen LogP contribution in [0, 0.1) is 17.8 Å². The lowest BCUT2D eigenvalue weighted by Crippen LogP contribution is -2.32. The van der Waals surface area contributed by atoms with Gasteiger partial charge in [-0.15, -0.1) is 0 Å². The summed E-state index contributed by atoms with van der Waals surface area (Å²) in [6.07, 6.45) is 4.78. The first-order chi connectivity index (χ1) is 8.77. The molecule has 18 heavy (non-hydrogen) atoms. The van der Waals surface area contributed by atoms with Gasteiger partial charge in [0.2, 0.25) is 5.91 Å². The highest BCUT2D eigenvalue weighted by atomic mass is 16.2. The monoisotopic (exact) mass is 242 g/mol. The molecule has 0 bridgehead atoms. The number of rotatable bonds is 1. The Kier molecular flexibility index (Phi) is 2.02. The molecule has 94 valence electrons. The molecule has 1 aromatic rings. The van der Waals surface area contributed by atoms with E-state index in [9.17, 15) is 4.79 Å². The fraction of sp³-hybridized carbons (Fsp3) is 0.533. The second-order valence-electron chi connectivity index (χ2n) is 5.88. The van der Waals surface area contributed by atoms with Gasteiger partial charge in [0.25, 0.3) is 0 Å². The van der Waals surface area contributed by atoms with Gasteiger partial charge in [-0.25, -0.2) is 0 Å². The molecule has 0 radical (unpaired) electrons. The lowest BCUT2D eigenvalue weighted by Gasteiger charge is -2.20. The molecule has 1 heterocycles. The molecule has 0 saturated heterocycles. The molecule has 3 aliphatic rings. The van der Waals surface area contributed by atoms with Gasteiger partial charge in [0.05, 0.1) is 11.4 Å². The zero-order valence-electron chi connectivity index (χ0n) is 10.4. The minimum atomic E-state index is 0.310. The molecule has 2 aliphatic carbocycles. The van der Waals surface area contributed by atoms with E-state index in [1.807, 2.05) is 17.0 Å². The molecule has 2 N–H and O–H groups in total. The molecule has 1 aliphatic heterocycles. The average molecular weight is 242 g/mol. The maximum atomic E-state index is 12.6. The Morgan fingerprint density at radius 3 is 2.83 bits per heavy atom. The Hall–Kier alpha value is -1.51. The fourth-order valence-corrected chi connectivity index (χ4v) is 4.07. The van der Waals surface area contributed by atoms with E-state index in [0.29, 0.717) is 23.7 Å². The van der Waals surface area contributed by atoms with E-state index in [2.05, 4.69) is 6.07 Å². The number of amides is 1. The quantitative estimate of drug-likeness (QED) is 0.767. The van der Waals surface area contributed by atoms with Crippen molar-refractivity contribution in [1.29, 1.82) is 0 Å². The van der Waals surface area contributed by atoms with E-state index in [0.717, 1.165) is 24.3 Å². The first-order valence-corrected chi connectivity index (χ1v) is 6.96. The Bertz CT molecular complexity index is 515. The number of hydrogen-bond donors (Lipinski definition) is 1. The van der Waals surface area contributed by atoms with Crippen LogP contribution < -0.4 is 10.6 Å². The van der Waals surface area contributed by atoms with Gasteiger partial charge in [-0.1, -0.05) is 18.6 Å². The summed E-state index contributed by atoms with van der Waals surface area (Å²) < 4.78 is 0. The van der Waals surface area contributed by atoms with Gasteiger partial charge in [-0.05, 0) is 42.7 Å². The van der Waals surface area contributed by atoms with Crippen LogP contribution in [0.15, 0.2) is 18.2 Å². The molecule has 1 amide bonds. The van der Waals surface area contributed by atoms with Crippen LogP contribution in [-0.2, 0) is 11.2 Å². The van der Waals surface area contributed by atoms with Crippen molar-refractivity contribution in [3.05, 3.63) is 23.8 Å². The zero-order valence-corrected chi connectivity index (χ0v) is 10.4. The highest BCUT2D eigenvalue weighted by molar-refractivity contribution is 6.01. The van der Waals surface area contributed by atoms with Crippen LogP contribution in [0.1, 0.15) is 24.8 Å². The second-order valence-corrected chi connectivity index (χ2v) is 5.88. The highest BCUT2D eigenvalue weighted by Gasteiger charge is 2.58. The summed E-state index contributed by atoms with van der Waals surface area (Å²) in [6, 6.07) is 5.97. The maximum absolute atomic E-state index is 12.6. The molecule has 4 rings (SSSR count). The SMILES string of the molecule is Nc1cccc2c1N(C(=O)C1C3CCCC31)CC2. The summed E-state index contributed by atoms with van der Waals surface area (Å²) in [5, 5.41) is 0. The second kappa shape index (κ2) is 3.50. The molecule has 0 aromatic heterocycles. The van der Waals surface area contributed by atoms with Gasteiger partial charge in [0.1, 0.15) is 0 Å². The van der Waals surface area contributed by atoms with Gasteiger partial charge < -0.3 is 10.6 Å². The third kappa shape index (κ3) is 1.27. The fourth-order valence-electron chi connectivity index (χ4n) is 4.07. The molecule has 2 unspecified atom stereocenters. The number of nitrogen functional groups attached to an aromatic ring is 1. The van der Waals surface area contributed by atoms with Crippen LogP contribution in [0.25, 0.3) is 0 Å². The molecular weight excluding hydrogens is 224 g/mol. The molecule has 2 fully saturated rings. The number of para-hydroxylation sites is 1. The molecule has 2 atom stereocenters. The van der Waals surface area contributed by atoms with Crippen molar-refractivity contribution in [1.82, 2.24) is 0 Å². The van der Waals surface area contributed by atoms with Crippen molar-refractivity contribution in [2.24, 2.45) is 17.8 Å². The highest BCUT2D eigenvalue weighted by Crippen LogP contribution is 2.58. The summed E-state index contributed by atoms with van der Waals surface area (Å²) in [5.41, 5.74) is 9.02. The number of carbonyl (C=O) groups excluding carboxylic acids is 1. The van der Waals surface area contributed by atoms with Crippen molar-refractivity contribution < 1.29 is 4.79 Å². The maximum Gasteiger partial charge on any atom is 0.230 e. The van der Waals surface area contributed by atoms with Gasteiger partial charge in [-0.3, -0.25) is 4.79 Å². The number of nitrogens with zero attached hydrogens (tertiary/aromatic N) is 1. The normalized spacial score (nSPS) is 32.2. The van der Waals surface area contributed by atoms with Crippen molar-refractivity contribution in [3.8, 4) is 0 Å². The summed E-state index contributed by atoms with van der Waals surface area (Å²) >= 11 is 0. The summed E-state index contributed by atoms with van der Waals surface area (Å²) in [6.45, 7) is 0.818. The van der Waals surface area contributed by atoms with Gasteiger partial charge in [-0.2, -0.15) is 0 Å². The summed E-state index contributed by atoms with van der Waals surface area (Å²) in [5.74, 6) is 2.02. The van der Waals surface area contributed by atoms with Crippen molar-refractivity contribution in [3.63, 3.8) is 0 Å². The number of anilines is 2. The third-order valence-corrected chi connectivity index (χ3v) is 4.98. The topological polar surface area (TPSA) is 46.3 Å². The third-order valence-electron chi connectivity index (χ3n) is 4.98. The smallest absolute Gasteiger partial charge is 0.230 e. The average Bonchev–Trinajstić information content (AvgIpc) is 2.79. The minimum Gasteiger partial charge on any atom is -0.397 e. The number of carbonyl (C=O) groups is 1. The largest absolute Gasteiger partial charge is 0.397 e. The van der Waals surface area contributed by atoms with Crippen LogP contribution in [0.5, 0.6) is 0 Å². The Morgan fingerprint density at radius 1 is 1.28 bits per heavy atom. The first-order valence-electron chi connectivity index (χ1n) is 6.96. The zero-order chi connectivity index (χ0) is 12.3. The molecule has 3 nitrogen and oxygen atoms in total. The summed E-state index contributed by atoms with van der Waals surface area (Å²) in [7, 11) is 0. The van der Waals surface area contributed by atoms with E-state index in [4.69, 9.17) is 5.73 Å². The van der Waals surface area contributed by atoms with E-state index in [1.165, 1.54) is 24.8 Å². The van der Waals surface area contributed by atoms with E-state index in [1.54, 1.807) is 0 Å². The number of hydrogen-bond acceptors (Lipinski definition) is 2. The van der Waals surface area contributed by atoms with Gasteiger partial charge in [0.15, 0.2) is 0 Å². The first kappa shape index (κ1) is 10.4. The van der Waals surface area contributed by atoms with Crippen LogP contribution in [-0.4, -0.2) is 12.5 Å². The summed E-state index contributed by atoms with van der Waals surface area (Å²) in [4.78, 5) is 14.6. The number of nitrogens with two attached hydrogens (primary N) is 1. The lowest BCUT2D eigenvalue weighted by atomic mass is 10.1. The number of benzene rings is 1. The van der Waals surface area contributed by atoms with E-state index < -0.39 is 0 Å². The Labute approximate surface area is 107 Å². The van der Waals surface area contributed by atoms with Crippen LogP contribution in [0.3, 0.4) is 0 Å².